The van der Waals surface area contributed by atoms with Gasteiger partial charge in [-0.3, -0.25) is 0 Å². The number of halogens is 1. The third kappa shape index (κ3) is 1.99. The second-order valence-electron chi connectivity index (χ2n) is 3.36. The number of hydrogen-bond acceptors (Lipinski definition) is 0. The molecule has 0 amide bonds. The predicted molar refractivity (Wildman–Crippen MR) is 59.6 cm³/mol. The average molecular weight is 201 g/mol. The van der Waals surface area contributed by atoms with E-state index in [1.807, 2.05) is 29.1 Å². The van der Waals surface area contributed by atoms with Crippen molar-refractivity contribution < 1.29 is 4.39 Å². The molecule has 2 rings (SSSR count). The van der Waals surface area contributed by atoms with Crippen LogP contribution in [0, 0.1) is 5.82 Å². The molecular formula is C13H12FN. The normalized spacial score (nSPS) is 10.2. The molecule has 0 radical (unpaired) electrons. The Morgan fingerprint density at radius 3 is 2.67 bits per heavy atom. The first kappa shape index (κ1) is 9.71. The molecular weight excluding hydrogens is 189 g/mol. The van der Waals surface area contributed by atoms with Gasteiger partial charge in [-0.15, -0.1) is 6.58 Å². The summed E-state index contributed by atoms with van der Waals surface area (Å²) in [5.74, 6) is -0.206. The number of rotatable bonds is 3. The van der Waals surface area contributed by atoms with E-state index < -0.39 is 0 Å². The summed E-state index contributed by atoms with van der Waals surface area (Å²) in [6.45, 7) is 3.68. The van der Waals surface area contributed by atoms with E-state index in [1.54, 1.807) is 18.2 Å². The van der Waals surface area contributed by atoms with Crippen LogP contribution in [0.3, 0.4) is 0 Å². The van der Waals surface area contributed by atoms with Gasteiger partial charge in [0.2, 0.25) is 0 Å². The molecule has 0 saturated heterocycles. The topological polar surface area (TPSA) is 4.93 Å². The Hall–Kier alpha value is -1.83. The fourth-order valence-electron chi connectivity index (χ4n) is 1.62. The molecule has 0 aliphatic rings. The van der Waals surface area contributed by atoms with Gasteiger partial charge < -0.3 is 4.57 Å². The fraction of sp³-hybridized carbons (Fsp3) is 0.0769. The maximum Gasteiger partial charge on any atom is 0.123 e. The van der Waals surface area contributed by atoms with Crippen molar-refractivity contribution in [2.75, 3.05) is 0 Å². The number of aromatic nitrogens is 1. The molecule has 2 aromatic rings. The first-order valence-corrected chi connectivity index (χ1v) is 4.84. The Morgan fingerprint density at radius 1 is 1.27 bits per heavy atom. The van der Waals surface area contributed by atoms with Crippen LogP contribution in [0.25, 0.3) is 5.69 Å². The summed E-state index contributed by atoms with van der Waals surface area (Å²) in [6.07, 6.45) is 6.34. The summed E-state index contributed by atoms with van der Waals surface area (Å²) in [7, 11) is 0. The zero-order valence-corrected chi connectivity index (χ0v) is 8.36. The van der Waals surface area contributed by atoms with Gasteiger partial charge in [0.05, 0.1) is 0 Å². The Labute approximate surface area is 88.5 Å². The highest BCUT2D eigenvalue weighted by Crippen LogP contribution is 2.17. The zero-order valence-electron chi connectivity index (χ0n) is 8.36. The van der Waals surface area contributed by atoms with Gasteiger partial charge in [-0.2, -0.15) is 0 Å². The standard InChI is InChI=1S/C13H12FN/c1-2-5-11-10-12(14)6-7-13(11)15-8-3-4-9-15/h2-4,6-10H,1,5H2. The quantitative estimate of drug-likeness (QED) is 0.671. The molecule has 0 saturated carbocycles. The highest BCUT2D eigenvalue weighted by molar-refractivity contribution is 5.42. The fourth-order valence-corrected chi connectivity index (χ4v) is 1.62. The molecule has 0 unspecified atom stereocenters. The van der Waals surface area contributed by atoms with Gasteiger partial charge >= 0.3 is 0 Å². The van der Waals surface area contributed by atoms with Gasteiger partial charge in [-0.1, -0.05) is 6.08 Å². The lowest BCUT2D eigenvalue weighted by molar-refractivity contribution is 0.625. The number of nitrogens with zero attached hydrogens (tertiary/aromatic N) is 1. The maximum absolute atomic E-state index is 13.1. The molecule has 0 aliphatic heterocycles. The highest BCUT2D eigenvalue weighted by Gasteiger charge is 2.03. The van der Waals surface area contributed by atoms with E-state index in [0.29, 0.717) is 6.42 Å². The molecule has 0 atom stereocenters. The van der Waals surface area contributed by atoms with E-state index in [4.69, 9.17) is 0 Å². The third-order valence-corrected chi connectivity index (χ3v) is 2.29. The van der Waals surface area contributed by atoms with Gasteiger partial charge in [0, 0.05) is 18.1 Å². The van der Waals surface area contributed by atoms with Crippen LogP contribution in [0.4, 0.5) is 4.39 Å². The summed E-state index contributed by atoms with van der Waals surface area (Å²) >= 11 is 0. The lowest BCUT2D eigenvalue weighted by Crippen LogP contribution is -1.97. The molecule has 0 fully saturated rings. The summed E-state index contributed by atoms with van der Waals surface area (Å²) in [5.41, 5.74) is 1.95. The SMILES string of the molecule is C=CCc1cc(F)ccc1-n1cccc1. The summed E-state index contributed by atoms with van der Waals surface area (Å²) in [6, 6.07) is 8.70. The molecule has 1 heterocycles. The van der Waals surface area contributed by atoms with Crippen molar-refractivity contribution in [3.63, 3.8) is 0 Å². The molecule has 1 aromatic carbocycles. The van der Waals surface area contributed by atoms with Crippen molar-refractivity contribution in [1.82, 2.24) is 4.57 Å². The Balaban J connectivity index is 2.50. The van der Waals surface area contributed by atoms with Crippen molar-refractivity contribution >= 4 is 0 Å². The molecule has 15 heavy (non-hydrogen) atoms. The second kappa shape index (κ2) is 4.13. The molecule has 0 bridgehead atoms. The van der Waals surface area contributed by atoms with Crippen molar-refractivity contribution in [1.29, 1.82) is 0 Å². The third-order valence-electron chi connectivity index (χ3n) is 2.29. The Morgan fingerprint density at radius 2 is 2.00 bits per heavy atom. The smallest absolute Gasteiger partial charge is 0.123 e. The monoisotopic (exact) mass is 201 g/mol. The van der Waals surface area contributed by atoms with E-state index in [2.05, 4.69) is 6.58 Å². The van der Waals surface area contributed by atoms with Crippen molar-refractivity contribution in [3.8, 4) is 5.69 Å². The summed E-state index contributed by atoms with van der Waals surface area (Å²) in [4.78, 5) is 0. The van der Waals surface area contributed by atoms with Crippen LogP contribution in [0.1, 0.15) is 5.56 Å². The minimum absolute atomic E-state index is 0.206. The Kier molecular flexibility index (Phi) is 2.68. The molecule has 76 valence electrons. The minimum Gasteiger partial charge on any atom is -0.324 e. The van der Waals surface area contributed by atoms with Crippen LogP contribution in [-0.2, 0) is 6.42 Å². The van der Waals surface area contributed by atoms with Gasteiger partial charge in [0.1, 0.15) is 5.82 Å². The van der Waals surface area contributed by atoms with Gasteiger partial charge in [0.25, 0.3) is 0 Å². The van der Waals surface area contributed by atoms with Crippen LogP contribution in [0.5, 0.6) is 0 Å². The zero-order chi connectivity index (χ0) is 10.7. The Bertz CT molecular complexity index is 457. The molecule has 1 aromatic heterocycles. The lowest BCUT2D eigenvalue weighted by Gasteiger charge is -2.09. The van der Waals surface area contributed by atoms with Crippen molar-refractivity contribution in [2.24, 2.45) is 0 Å². The van der Waals surface area contributed by atoms with E-state index in [-0.39, 0.29) is 5.82 Å². The maximum atomic E-state index is 13.1. The second-order valence-corrected chi connectivity index (χ2v) is 3.36. The van der Waals surface area contributed by atoms with Crippen molar-refractivity contribution in [3.05, 3.63) is 66.8 Å². The van der Waals surface area contributed by atoms with Gasteiger partial charge in [0.15, 0.2) is 0 Å². The van der Waals surface area contributed by atoms with E-state index in [0.717, 1.165) is 11.3 Å². The highest BCUT2D eigenvalue weighted by atomic mass is 19.1. The van der Waals surface area contributed by atoms with Crippen LogP contribution < -0.4 is 0 Å². The molecule has 2 heteroatoms. The first-order chi connectivity index (χ1) is 7.31. The average Bonchev–Trinajstić information content (AvgIpc) is 2.71. The summed E-state index contributed by atoms with van der Waals surface area (Å²) < 4.78 is 15.0. The van der Waals surface area contributed by atoms with Crippen LogP contribution >= 0.6 is 0 Å². The van der Waals surface area contributed by atoms with Crippen LogP contribution in [0.2, 0.25) is 0 Å². The molecule has 1 nitrogen and oxygen atoms in total. The molecule has 0 spiro atoms. The van der Waals surface area contributed by atoms with Crippen molar-refractivity contribution in [2.45, 2.75) is 6.42 Å². The van der Waals surface area contributed by atoms with E-state index in [9.17, 15) is 4.39 Å². The van der Waals surface area contributed by atoms with Crippen LogP contribution in [0.15, 0.2) is 55.4 Å². The summed E-state index contributed by atoms with van der Waals surface area (Å²) in [5, 5.41) is 0. The minimum atomic E-state index is -0.206. The largest absolute Gasteiger partial charge is 0.324 e. The first-order valence-electron chi connectivity index (χ1n) is 4.84. The van der Waals surface area contributed by atoms with Gasteiger partial charge in [-0.05, 0) is 42.3 Å². The predicted octanol–water partition coefficient (Wildman–Crippen LogP) is 3.34. The van der Waals surface area contributed by atoms with Gasteiger partial charge in [-0.25, -0.2) is 4.39 Å². The van der Waals surface area contributed by atoms with E-state index in [1.165, 1.54) is 6.07 Å². The lowest BCUT2D eigenvalue weighted by atomic mass is 10.1. The number of allylic oxidation sites excluding steroid dienone is 1. The van der Waals surface area contributed by atoms with E-state index >= 15 is 0 Å². The number of benzene rings is 1. The molecule has 0 aliphatic carbocycles. The number of hydrogen-bond donors (Lipinski definition) is 0. The van der Waals surface area contributed by atoms with Crippen LogP contribution in [-0.4, -0.2) is 4.57 Å². The molecule has 0 N–H and O–H groups in total.